The molecule has 96 valence electrons. The van der Waals surface area contributed by atoms with Gasteiger partial charge in [0.25, 0.3) is 0 Å². The number of nitrogens with one attached hydrogen (secondary N) is 1. The third-order valence-corrected chi connectivity index (χ3v) is 2.73. The summed E-state index contributed by atoms with van der Waals surface area (Å²) in [6.07, 6.45) is 1.68. The molecule has 0 amide bonds. The summed E-state index contributed by atoms with van der Waals surface area (Å²) in [7, 11) is 0. The second-order valence-corrected chi connectivity index (χ2v) is 4.09. The average Bonchev–Trinajstić information content (AvgIpc) is 2.71. The Morgan fingerprint density at radius 3 is 3.00 bits per heavy atom. The number of fused-ring (bicyclic) bond motifs is 1. The van der Waals surface area contributed by atoms with Crippen molar-refractivity contribution >= 4 is 16.8 Å². The summed E-state index contributed by atoms with van der Waals surface area (Å²) in [6.45, 7) is 1.84. The van der Waals surface area contributed by atoms with Gasteiger partial charge >= 0.3 is 5.76 Å². The Labute approximate surface area is 107 Å². The van der Waals surface area contributed by atoms with Gasteiger partial charge in [-0.3, -0.25) is 9.97 Å². The van der Waals surface area contributed by atoms with E-state index in [0.717, 1.165) is 5.69 Å². The summed E-state index contributed by atoms with van der Waals surface area (Å²) in [4.78, 5) is 17.8. The highest BCUT2D eigenvalue weighted by atomic mass is 16.5. The number of oxazole rings is 1. The van der Waals surface area contributed by atoms with Crippen LogP contribution in [0.5, 0.6) is 11.5 Å². The van der Waals surface area contributed by atoms with E-state index in [4.69, 9.17) is 14.9 Å². The molecule has 0 bridgehead atoms. The first-order chi connectivity index (χ1) is 9.13. The number of aryl methyl sites for hydroxylation is 1. The molecule has 0 radical (unpaired) electrons. The van der Waals surface area contributed by atoms with Gasteiger partial charge in [0.2, 0.25) is 0 Å². The van der Waals surface area contributed by atoms with Crippen LogP contribution in [0, 0.1) is 6.92 Å². The van der Waals surface area contributed by atoms with Crippen molar-refractivity contribution in [2.24, 2.45) is 0 Å². The second kappa shape index (κ2) is 4.16. The van der Waals surface area contributed by atoms with Crippen molar-refractivity contribution in [1.29, 1.82) is 0 Å². The topological polar surface area (TPSA) is 94.1 Å². The lowest BCUT2D eigenvalue weighted by Crippen LogP contribution is -1.95. The summed E-state index contributed by atoms with van der Waals surface area (Å²) in [6, 6.07) is 6.75. The Balaban J connectivity index is 2.07. The van der Waals surface area contributed by atoms with E-state index in [1.165, 1.54) is 0 Å². The minimum absolute atomic E-state index is 0.388. The van der Waals surface area contributed by atoms with Crippen LogP contribution in [0.2, 0.25) is 0 Å². The first-order valence-electron chi connectivity index (χ1n) is 5.65. The maximum Gasteiger partial charge on any atom is 0.417 e. The predicted molar refractivity (Wildman–Crippen MR) is 70.3 cm³/mol. The van der Waals surface area contributed by atoms with Crippen LogP contribution in [0.25, 0.3) is 11.1 Å². The molecular formula is C13H11N3O3. The maximum absolute atomic E-state index is 11.1. The normalized spacial score (nSPS) is 10.8. The quantitative estimate of drug-likeness (QED) is 0.686. The molecule has 0 unspecified atom stereocenters. The van der Waals surface area contributed by atoms with Crippen LogP contribution >= 0.6 is 0 Å². The number of rotatable bonds is 2. The smallest absolute Gasteiger partial charge is 0.417 e. The van der Waals surface area contributed by atoms with Gasteiger partial charge in [-0.25, -0.2) is 4.79 Å². The molecule has 0 saturated carbocycles. The van der Waals surface area contributed by atoms with Gasteiger partial charge in [-0.15, -0.1) is 0 Å². The monoisotopic (exact) mass is 257 g/mol. The van der Waals surface area contributed by atoms with E-state index in [1.807, 2.05) is 6.92 Å². The number of aromatic amines is 1. The Morgan fingerprint density at radius 1 is 1.37 bits per heavy atom. The van der Waals surface area contributed by atoms with Gasteiger partial charge in [-0.05, 0) is 19.1 Å². The third-order valence-electron chi connectivity index (χ3n) is 2.73. The van der Waals surface area contributed by atoms with E-state index >= 15 is 0 Å². The van der Waals surface area contributed by atoms with Crippen LogP contribution < -0.4 is 16.2 Å². The van der Waals surface area contributed by atoms with Crippen molar-refractivity contribution in [3.63, 3.8) is 0 Å². The van der Waals surface area contributed by atoms with Gasteiger partial charge in [-0.1, -0.05) is 0 Å². The van der Waals surface area contributed by atoms with Crippen molar-refractivity contribution in [1.82, 2.24) is 9.97 Å². The van der Waals surface area contributed by atoms with E-state index in [-0.39, 0.29) is 0 Å². The standard InChI is InChI=1S/C13H11N3O3/c1-7-10(3-2-4-15-7)18-11-6-9-12(5-8(11)14)19-13(17)16-9/h2-6H,14H2,1H3,(H,16,17). The molecule has 2 heterocycles. The average molecular weight is 257 g/mol. The SMILES string of the molecule is Cc1ncccc1Oc1cc2[nH]c(=O)oc2cc1N. The summed E-state index contributed by atoms with van der Waals surface area (Å²) >= 11 is 0. The molecule has 0 fully saturated rings. The van der Waals surface area contributed by atoms with Crippen LogP contribution in [-0.4, -0.2) is 9.97 Å². The zero-order valence-electron chi connectivity index (χ0n) is 10.1. The van der Waals surface area contributed by atoms with Gasteiger partial charge in [-0.2, -0.15) is 0 Å². The maximum atomic E-state index is 11.1. The van der Waals surface area contributed by atoms with Crippen LogP contribution in [-0.2, 0) is 0 Å². The molecule has 0 aliphatic carbocycles. The highest BCUT2D eigenvalue weighted by Gasteiger charge is 2.10. The number of hydrogen-bond donors (Lipinski definition) is 2. The Bertz CT molecular complexity index is 804. The van der Waals surface area contributed by atoms with Crippen molar-refractivity contribution in [2.45, 2.75) is 6.92 Å². The molecule has 1 aromatic carbocycles. The Kier molecular flexibility index (Phi) is 2.49. The number of nitrogen functional groups attached to an aromatic ring is 1. The zero-order chi connectivity index (χ0) is 13.4. The van der Waals surface area contributed by atoms with Crippen molar-refractivity contribution < 1.29 is 9.15 Å². The van der Waals surface area contributed by atoms with Crippen molar-refractivity contribution in [3.8, 4) is 11.5 Å². The molecule has 6 nitrogen and oxygen atoms in total. The fourth-order valence-electron chi connectivity index (χ4n) is 1.78. The lowest BCUT2D eigenvalue weighted by molar-refractivity contribution is 0.478. The number of hydrogen-bond acceptors (Lipinski definition) is 5. The molecule has 3 aromatic rings. The molecule has 3 rings (SSSR count). The lowest BCUT2D eigenvalue weighted by atomic mass is 10.2. The predicted octanol–water partition coefficient (Wildman–Crippen LogP) is 2.20. The minimum atomic E-state index is -0.524. The molecule has 0 saturated heterocycles. The number of nitrogens with zero attached hydrogens (tertiary/aromatic N) is 1. The fourth-order valence-corrected chi connectivity index (χ4v) is 1.78. The Hall–Kier alpha value is -2.76. The van der Waals surface area contributed by atoms with Gasteiger partial charge in [0.15, 0.2) is 11.3 Å². The number of pyridine rings is 1. The summed E-state index contributed by atoms with van der Waals surface area (Å²) in [5.41, 5.74) is 7.95. The molecule has 19 heavy (non-hydrogen) atoms. The van der Waals surface area contributed by atoms with E-state index in [0.29, 0.717) is 28.3 Å². The summed E-state index contributed by atoms with van der Waals surface area (Å²) < 4.78 is 10.6. The first kappa shape index (κ1) is 11.3. The summed E-state index contributed by atoms with van der Waals surface area (Å²) in [5.74, 6) is 0.532. The minimum Gasteiger partial charge on any atom is -0.453 e. The van der Waals surface area contributed by atoms with E-state index < -0.39 is 5.76 Å². The van der Waals surface area contributed by atoms with Gasteiger partial charge in [0, 0.05) is 18.3 Å². The lowest BCUT2D eigenvalue weighted by Gasteiger charge is -2.09. The highest BCUT2D eigenvalue weighted by Crippen LogP contribution is 2.31. The number of anilines is 1. The van der Waals surface area contributed by atoms with Gasteiger partial charge < -0.3 is 14.9 Å². The first-order valence-corrected chi connectivity index (χ1v) is 5.65. The van der Waals surface area contributed by atoms with Gasteiger partial charge in [0.05, 0.1) is 16.9 Å². The van der Waals surface area contributed by atoms with Crippen LogP contribution in [0.1, 0.15) is 5.69 Å². The van der Waals surface area contributed by atoms with E-state index in [2.05, 4.69) is 9.97 Å². The zero-order valence-corrected chi connectivity index (χ0v) is 10.1. The van der Waals surface area contributed by atoms with E-state index in [1.54, 1.807) is 30.5 Å². The fraction of sp³-hybridized carbons (Fsp3) is 0.0769. The Morgan fingerprint density at radius 2 is 2.21 bits per heavy atom. The number of benzene rings is 1. The van der Waals surface area contributed by atoms with Crippen LogP contribution in [0.15, 0.2) is 39.7 Å². The number of nitrogens with two attached hydrogens (primary N) is 1. The number of H-pyrrole nitrogens is 1. The molecule has 3 N–H and O–H groups in total. The molecule has 2 aromatic heterocycles. The molecule has 0 aliphatic heterocycles. The van der Waals surface area contributed by atoms with Crippen molar-refractivity contribution in [2.75, 3.05) is 5.73 Å². The van der Waals surface area contributed by atoms with Gasteiger partial charge in [0.1, 0.15) is 5.75 Å². The second-order valence-electron chi connectivity index (χ2n) is 4.09. The van der Waals surface area contributed by atoms with Crippen LogP contribution in [0.4, 0.5) is 5.69 Å². The summed E-state index contributed by atoms with van der Waals surface area (Å²) in [5, 5.41) is 0. The molecule has 0 atom stereocenters. The highest BCUT2D eigenvalue weighted by molar-refractivity contribution is 5.80. The van der Waals surface area contributed by atoms with Crippen molar-refractivity contribution in [3.05, 3.63) is 46.7 Å². The molecule has 0 aliphatic rings. The number of aromatic nitrogens is 2. The molecular weight excluding hydrogens is 246 g/mol. The molecule has 0 spiro atoms. The number of ether oxygens (including phenoxy) is 1. The largest absolute Gasteiger partial charge is 0.453 e. The molecule has 6 heteroatoms. The van der Waals surface area contributed by atoms with E-state index in [9.17, 15) is 4.79 Å². The van der Waals surface area contributed by atoms with Crippen LogP contribution in [0.3, 0.4) is 0 Å². The third kappa shape index (κ3) is 2.03.